The lowest BCUT2D eigenvalue weighted by Crippen LogP contribution is -2.42. The second-order valence-electron chi connectivity index (χ2n) is 8.00. The highest BCUT2D eigenvalue weighted by molar-refractivity contribution is 5.41. The number of hydrogen-bond acceptors (Lipinski definition) is 2. The zero-order chi connectivity index (χ0) is 16.1. The summed E-state index contributed by atoms with van der Waals surface area (Å²) < 4.78 is 0. The summed E-state index contributed by atoms with van der Waals surface area (Å²) in [6, 6.07) is 17.5. The normalized spacial score (nSPS) is 31.5. The fourth-order valence-corrected chi connectivity index (χ4v) is 5.12. The summed E-state index contributed by atoms with van der Waals surface area (Å²) in [6.07, 6.45) is 4.95. The highest BCUT2D eigenvalue weighted by atomic mass is 16.3. The molecule has 2 aliphatic carbocycles. The average Bonchev–Trinajstić information content (AvgIpc) is 3.22. The fraction of sp³-hybridized carbons (Fsp3) is 0.455. The Morgan fingerprint density at radius 2 is 1.79 bits per heavy atom. The van der Waals surface area contributed by atoms with Gasteiger partial charge in [0.05, 0.1) is 0 Å². The molecule has 0 bridgehead atoms. The molecule has 2 fully saturated rings. The summed E-state index contributed by atoms with van der Waals surface area (Å²) >= 11 is 0. The van der Waals surface area contributed by atoms with Crippen molar-refractivity contribution >= 4 is 0 Å². The SMILES string of the molecule is Oc1ccc2c(c1)[C@@H](Cc1ccccc1)[C@@H](N1CC3CC3C1)CC2. The number of benzene rings is 2. The first-order valence-electron chi connectivity index (χ1n) is 9.37. The van der Waals surface area contributed by atoms with E-state index in [4.69, 9.17) is 0 Å². The van der Waals surface area contributed by atoms with Crippen LogP contribution in [0.15, 0.2) is 48.5 Å². The maximum absolute atomic E-state index is 10.1. The van der Waals surface area contributed by atoms with Crippen molar-refractivity contribution in [3.05, 3.63) is 65.2 Å². The summed E-state index contributed by atoms with van der Waals surface area (Å²) in [5.41, 5.74) is 4.23. The molecule has 2 aromatic carbocycles. The highest BCUT2D eigenvalue weighted by Crippen LogP contribution is 2.48. The van der Waals surface area contributed by atoms with Crippen LogP contribution in [0.2, 0.25) is 0 Å². The van der Waals surface area contributed by atoms with Gasteiger partial charge in [-0.15, -0.1) is 0 Å². The van der Waals surface area contributed by atoms with Crippen molar-refractivity contribution in [2.75, 3.05) is 13.1 Å². The standard InChI is InChI=1S/C22H25NO/c24-19-8-6-16-7-9-22(23-13-17-11-18(17)14-23)21(20(16)12-19)10-15-4-2-1-3-5-15/h1-6,8,12,17-18,21-22,24H,7,9-11,13-14H2/t17?,18?,21-,22+/m1/s1. The lowest BCUT2D eigenvalue weighted by Gasteiger charge is -2.40. The zero-order valence-electron chi connectivity index (χ0n) is 14.1. The largest absolute Gasteiger partial charge is 0.508 e. The molecule has 0 amide bonds. The van der Waals surface area contributed by atoms with Crippen LogP contribution < -0.4 is 0 Å². The van der Waals surface area contributed by atoms with Crippen molar-refractivity contribution in [3.63, 3.8) is 0 Å². The van der Waals surface area contributed by atoms with Crippen molar-refractivity contribution in [2.45, 2.75) is 37.6 Å². The van der Waals surface area contributed by atoms with Gasteiger partial charge in [-0.3, -0.25) is 4.90 Å². The number of fused-ring (bicyclic) bond motifs is 2. The quantitative estimate of drug-likeness (QED) is 0.925. The first-order valence-corrected chi connectivity index (χ1v) is 9.37. The van der Waals surface area contributed by atoms with E-state index in [2.05, 4.69) is 41.3 Å². The van der Waals surface area contributed by atoms with Crippen LogP contribution in [0.3, 0.4) is 0 Å². The van der Waals surface area contributed by atoms with Gasteiger partial charge in [0.2, 0.25) is 0 Å². The number of aromatic hydroxyl groups is 1. The van der Waals surface area contributed by atoms with Gasteiger partial charge >= 0.3 is 0 Å². The number of rotatable bonds is 3. The smallest absolute Gasteiger partial charge is 0.115 e. The van der Waals surface area contributed by atoms with Crippen LogP contribution in [0, 0.1) is 11.8 Å². The van der Waals surface area contributed by atoms with Crippen LogP contribution in [0.5, 0.6) is 5.75 Å². The van der Waals surface area contributed by atoms with E-state index in [9.17, 15) is 5.11 Å². The Morgan fingerprint density at radius 1 is 1.00 bits per heavy atom. The topological polar surface area (TPSA) is 23.5 Å². The Bertz CT molecular complexity index is 731. The number of likely N-dealkylation sites (tertiary alicyclic amines) is 1. The van der Waals surface area contributed by atoms with E-state index in [1.165, 1.54) is 42.6 Å². The maximum atomic E-state index is 10.1. The molecule has 0 radical (unpaired) electrons. The number of phenolic OH excluding ortho intramolecular Hbond substituents is 1. The molecule has 3 aliphatic rings. The molecule has 2 aromatic rings. The predicted molar refractivity (Wildman–Crippen MR) is 96.3 cm³/mol. The van der Waals surface area contributed by atoms with Crippen LogP contribution in [0.25, 0.3) is 0 Å². The molecule has 1 saturated heterocycles. The molecule has 0 spiro atoms. The second-order valence-corrected chi connectivity index (χ2v) is 8.00. The van der Waals surface area contributed by atoms with Crippen molar-refractivity contribution in [3.8, 4) is 5.75 Å². The third-order valence-electron chi connectivity index (χ3n) is 6.48. The predicted octanol–water partition coefficient (Wildman–Crippen LogP) is 3.99. The van der Waals surface area contributed by atoms with Gasteiger partial charge in [-0.05, 0) is 66.3 Å². The van der Waals surface area contributed by atoms with Crippen molar-refractivity contribution in [1.29, 1.82) is 0 Å². The summed E-state index contributed by atoms with van der Waals surface area (Å²) in [5, 5.41) is 10.1. The number of aryl methyl sites for hydroxylation is 1. The molecule has 2 unspecified atom stereocenters. The molecule has 4 atom stereocenters. The molecule has 1 aliphatic heterocycles. The number of nitrogens with zero attached hydrogens (tertiary/aromatic N) is 1. The molecule has 2 nitrogen and oxygen atoms in total. The van der Waals surface area contributed by atoms with Crippen LogP contribution in [0.1, 0.15) is 35.4 Å². The van der Waals surface area contributed by atoms with Crippen molar-refractivity contribution in [2.24, 2.45) is 11.8 Å². The van der Waals surface area contributed by atoms with E-state index in [0.717, 1.165) is 24.7 Å². The van der Waals surface area contributed by atoms with E-state index < -0.39 is 0 Å². The Labute approximate surface area is 144 Å². The number of piperidine rings is 1. The van der Waals surface area contributed by atoms with Crippen LogP contribution in [0.4, 0.5) is 0 Å². The summed E-state index contributed by atoms with van der Waals surface area (Å²) in [5.74, 6) is 2.87. The lowest BCUT2D eigenvalue weighted by molar-refractivity contribution is 0.170. The van der Waals surface area contributed by atoms with Gasteiger partial charge in [0.1, 0.15) is 5.75 Å². The van der Waals surface area contributed by atoms with E-state index in [1.54, 1.807) is 0 Å². The van der Waals surface area contributed by atoms with Crippen LogP contribution in [-0.2, 0) is 12.8 Å². The Morgan fingerprint density at radius 3 is 2.58 bits per heavy atom. The van der Waals surface area contributed by atoms with E-state index in [0.29, 0.717) is 17.7 Å². The van der Waals surface area contributed by atoms with Gasteiger partial charge in [0, 0.05) is 25.0 Å². The Balaban J connectivity index is 1.49. The molecular formula is C22H25NO. The molecule has 5 rings (SSSR count). The first-order chi connectivity index (χ1) is 11.8. The minimum atomic E-state index is 0.414. The molecule has 24 heavy (non-hydrogen) atoms. The third-order valence-corrected chi connectivity index (χ3v) is 6.48. The lowest BCUT2D eigenvalue weighted by atomic mass is 9.75. The van der Waals surface area contributed by atoms with Gasteiger partial charge in [-0.1, -0.05) is 36.4 Å². The van der Waals surface area contributed by atoms with Gasteiger partial charge in [0.25, 0.3) is 0 Å². The van der Waals surface area contributed by atoms with Crippen LogP contribution in [-0.4, -0.2) is 29.1 Å². The molecule has 1 heterocycles. The maximum Gasteiger partial charge on any atom is 0.115 e. The molecule has 1 saturated carbocycles. The minimum absolute atomic E-state index is 0.414. The van der Waals surface area contributed by atoms with Crippen molar-refractivity contribution in [1.82, 2.24) is 4.90 Å². The zero-order valence-corrected chi connectivity index (χ0v) is 14.1. The molecule has 0 aromatic heterocycles. The number of phenols is 1. The molecule has 124 valence electrons. The van der Waals surface area contributed by atoms with Crippen LogP contribution >= 0.6 is 0 Å². The molecular weight excluding hydrogens is 294 g/mol. The summed E-state index contributed by atoms with van der Waals surface area (Å²) in [7, 11) is 0. The molecule has 1 N–H and O–H groups in total. The second kappa shape index (κ2) is 5.63. The van der Waals surface area contributed by atoms with Crippen molar-refractivity contribution < 1.29 is 5.11 Å². The van der Waals surface area contributed by atoms with E-state index in [1.807, 2.05) is 12.1 Å². The van der Waals surface area contributed by atoms with Gasteiger partial charge < -0.3 is 5.11 Å². The Hall–Kier alpha value is -1.80. The average molecular weight is 319 g/mol. The number of hydrogen-bond donors (Lipinski definition) is 1. The third kappa shape index (κ3) is 2.53. The summed E-state index contributed by atoms with van der Waals surface area (Å²) in [6.45, 7) is 2.60. The van der Waals surface area contributed by atoms with Gasteiger partial charge in [-0.2, -0.15) is 0 Å². The monoisotopic (exact) mass is 319 g/mol. The Kier molecular flexibility index (Phi) is 3.41. The van der Waals surface area contributed by atoms with E-state index >= 15 is 0 Å². The summed E-state index contributed by atoms with van der Waals surface area (Å²) in [4.78, 5) is 2.76. The van der Waals surface area contributed by atoms with E-state index in [-0.39, 0.29) is 0 Å². The first kappa shape index (κ1) is 14.5. The van der Waals surface area contributed by atoms with Gasteiger partial charge in [-0.25, -0.2) is 0 Å². The molecule has 2 heteroatoms. The fourth-order valence-electron chi connectivity index (χ4n) is 5.12. The van der Waals surface area contributed by atoms with Gasteiger partial charge in [0.15, 0.2) is 0 Å². The highest BCUT2D eigenvalue weighted by Gasteiger charge is 2.48. The minimum Gasteiger partial charge on any atom is -0.508 e.